The van der Waals surface area contributed by atoms with Crippen molar-refractivity contribution >= 4 is 49.9 Å². The molecule has 0 unspecified atom stereocenters. The Hall–Kier alpha value is -1.89. The van der Waals surface area contributed by atoms with Gasteiger partial charge in [0.1, 0.15) is 5.75 Å². The van der Waals surface area contributed by atoms with Crippen LogP contribution < -0.4 is 10.1 Å². The fourth-order valence-electron chi connectivity index (χ4n) is 2.30. The lowest BCUT2D eigenvalue weighted by atomic mass is 10.1. The Morgan fingerprint density at radius 1 is 1.24 bits per heavy atom. The number of methoxy groups -OCH3 is 1. The van der Waals surface area contributed by atoms with Gasteiger partial charge in [-0.2, -0.15) is 0 Å². The summed E-state index contributed by atoms with van der Waals surface area (Å²) in [6.45, 7) is 1.97. The summed E-state index contributed by atoms with van der Waals surface area (Å²) in [7, 11) is 1.63. The van der Waals surface area contributed by atoms with Gasteiger partial charge >= 0.3 is 0 Å². The number of anilines is 1. The largest absolute Gasteiger partial charge is 0.497 e. The fraction of sp³-hybridized carbons (Fsp3) is 0.111. The third-order valence-corrected chi connectivity index (χ3v) is 5.26. The van der Waals surface area contributed by atoms with E-state index < -0.39 is 0 Å². The van der Waals surface area contributed by atoms with Gasteiger partial charge in [-0.1, -0.05) is 27.5 Å². The molecule has 3 aromatic rings. The van der Waals surface area contributed by atoms with Crippen LogP contribution >= 0.6 is 38.9 Å². The maximum Gasteiger partial charge on any atom is 0.258 e. The summed E-state index contributed by atoms with van der Waals surface area (Å²) in [6, 6.07) is 12.8. The average molecular weight is 438 g/mol. The number of aryl methyl sites for hydroxylation is 1. The van der Waals surface area contributed by atoms with Gasteiger partial charge in [0.15, 0.2) is 5.13 Å². The molecule has 25 heavy (non-hydrogen) atoms. The Morgan fingerprint density at radius 3 is 2.64 bits per heavy atom. The van der Waals surface area contributed by atoms with E-state index >= 15 is 0 Å². The van der Waals surface area contributed by atoms with Gasteiger partial charge < -0.3 is 4.74 Å². The molecular formula is C18H14BrClN2O2S. The summed E-state index contributed by atoms with van der Waals surface area (Å²) < 4.78 is 5.96. The van der Waals surface area contributed by atoms with Gasteiger partial charge in [-0.15, -0.1) is 11.3 Å². The highest BCUT2D eigenvalue weighted by molar-refractivity contribution is 9.10. The van der Waals surface area contributed by atoms with Crippen molar-refractivity contribution < 1.29 is 9.53 Å². The molecule has 4 nitrogen and oxygen atoms in total. The number of nitrogens with zero attached hydrogens (tertiary/aromatic N) is 1. The Bertz CT molecular complexity index is 925. The highest BCUT2D eigenvalue weighted by atomic mass is 79.9. The van der Waals surface area contributed by atoms with E-state index in [1.807, 2.05) is 31.2 Å². The van der Waals surface area contributed by atoms with Crippen LogP contribution in [0.5, 0.6) is 5.75 Å². The number of hydrogen-bond donors (Lipinski definition) is 1. The van der Waals surface area contributed by atoms with E-state index in [0.29, 0.717) is 15.7 Å². The number of ether oxygens (including phenoxy) is 1. The zero-order chi connectivity index (χ0) is 18.0. The van der Waals surface area contributed by atoms with Crippen LogP contribution in [0.3, 0.4) is 0 Å². The summed E-state index contributed by atoms with van der Waals surface area (Å²) in [5.41, 5.74) is 2.20. The van der Waals surface area contributed by atoms with Crippen molar-refractivity contribution in [3.8, 4) is 17.0 Å². The molecule has 0 radical (unpaired) electrons. The Labute approximate surface area is 162 Å². The molecule has 0 aliphatic heterocycles. The lowest BCUT2D eigenvalue weighted by molar-refractivity contribution is 0.102. The number of thiazole rings is 1. The van der Waals surface area contributed by atoms with Crippen molar-refractivity contribution in [2.45, 2.75) is 6.92 Å². The molecule has 0 bridgehead atoms. The van der Waals surface area contributed by atoms with Crippen LogP contribution in [0, 0.1) is 6.92 Å². The van der Waals surface area contributed by atoms with Crippen molar-refractivity contribution in [1.82, 2.24) is 4.98 Å². The number of carbonyl (C=O) groups excluding carboxylic acids is 1. The summed E-state index contributed by atoms with van der Waals surface area (Å²) in [4.78, 5) is 18.0. The van der Waals surface area contributed by atoms with E-state index in [2.05, 4.69) is 26.2 Å². The average Bonchev–Trinajstić information content (AvgIpc) is 2.97. The minimum atomic E-state index is -0.290. The monoisotopic (exact) mass is 436 g/mol. The van der Waals surface area contributed by atoms with Gasteiger partial charge in [0.25, 0.3) is 5.91 Å². The molecule has 7 heteroatoms. The van der Waals surface area contributed by atoms with Crippen LogP contribution in [0.4, 0.5) is 5.13 Å². The predicted molar refractivity (Wildman–Crippen MR) is 106 cm³/mol. The number of carbonyl (C=O) groups is 1. The Balaban J connectivity index is 1.84. The lowest BCUT2D eigenvalue weighted by Gasteiger charge is -2.04. The molecule has 1 amide bonds. The quantitative estimate of drug-likeness (QED) is 0.561. The predicted octanol–water partition coefficient (Wildman–Crippen LogP) is 5.80. The number of amides is 1. The van der Waals surface area contributed by atoms with Gasteiger partial charge in [-0.05, 0) is 49.4 Å². The van der Waals surface area contributed by atoms with Crippen LogP contribution in [0.15, 0.2) is 46.9 Å². The summed E-state index contributed by atoms with van der Waals surface area (Å²) in [5.74, 6) is 0.496. The normalized spacial score (nSPS) is 10.6. The topological polar surface area (TPSA) is 51.2 Å². The first-order chi connectivity index (χ1) is 12.0. The standard InChI is InChI=1S/C18H14BrClN2O2S/c1-10-16(11-3-6-13(24-2)7-4-11)21-18(25-10)22-17(23)14-9-12(19)5-8-15(14)20/h3-9H,1-2H3,(H,21,22,23). The van der Waals surface area contributed by atoms with Crippen molar-refractivity contribution in [2.75, 3.05) is 12.4 Å². The second kappa shape index (κ2) is 7.56. The highest BCUT2D eigenvalue weighted by Gasteiger charge is 2.15. The molecule has 3 rings (SSSR count). The van der Waals surface area contributed by atoms with Crippen molar-refractivity contribution in [3.63, 3.8) is 0 Å². The number of benzene rings is 2. The first-order valence-electron chi connectivity index (χ1n) is 7.36. The molecule has 0 aliphatic carbocycles. The molecule has 0 fully saturated rings. The number of rotatable bonds is 4. The molecule has 128 valence electrons. The molecule has 0 saturated carbocycles. The van der Waals surface area contributed by atoms with Crippen LogP contribution in [-0.2, 0) is 0 Å². The third kappa shape index (κ3) is 4.03. The Morgan fingerprint density at radius 2 is 1.96 bits per heavy atom. The molecule has 0 saturated heterocycles. The molecular weight excluding hydrogens is 424 g/mol. The minimum Gasteiger partial charge on any atom is -0.497 e. The maximum absolute atomic E-state index is 12.5. The van der Waals surface area contributed by atoms with Crippen LogP contribution in [0.25, 0.3) is 11.3 Å². The molecule has 0 atom stereocenters. The minimum absolute atomic E-state index is 0.290. The van der Waals surface area contributed by atoms with Gasteiger partial charge in [0.05, 0.1) is 23.4 Å². The van der Waals surface area contributed by atoms with Gasteiger partial charge in [-0.3, -0.25) is 10.1 Å². The van der Waals surface area contributed by atoms with Crippen molar-refractivity contribution in [1.29, 1.82) is 0 Å². The van der Waals surface area contributed by atoms with E-state index in [9.17, 15) is 4.79 Å². The van der Waals surface area contributed by atoms with Crippen LogP contribution in [0.2, 0.25) is 5.02 Å². The second-order valence-corrected chi connectivity index (χ2v) is 7.76. The zero-order valence-electron chi connectivity index (χ0n) is 13.5. The second-order valence-electron chi connectivity index (χ2n) is 5.23. The maximum atomic E-state index is 12.5. The summed E-state index contributed by atoms with van der Waals surface area (Å²) in [5, 5.41) is 3.74. The SMILES string of the molecule is COc1ccc(-c2nc(NC(=O)c3cc(Br)ccc3Cl)sc2C)cc1. The first kappa shape index (κ1) is 17.9. The molecule has 2 aromatic carbocycles. The molecule has 1 N–H and O–H groups in total. The molecule has 1 aromatic heterocycles. The van der Waals surface area contributed by atoms with E-state index in [1.54, 1.807) is 25.3 Å². The summed E-state index contributed by atoms with van der Waals surface area (Å²) in [6.07, 6.45) is 0. The van der Waals surface area contributed by atoms with E-state index in [0.717, 1.165) is 26.4 Å². The zero-order valence-corrected chi connectivity index (χ0v) is 16.6. The number of halogens is 2. The smallest absolute Gasteiger partial charge is 0.258 e. The Kier molecular flexibility index (Phi) is 5.42. The van der Waals surface area contributed by atoms with E-state index in [-0.39, 0.29) is 5.91 Å². The molecule has 0 spiro atoms. The van der Waals surface area contributed by atoms with Gasteiger partial charge in [0.2, 0.25) is 0 Å². The van der Waals surface area contributed by atoms with E-state index in [4.69, 9.17) is 16.3 Å². The highest BCUT2D eigenvalue weighted by Crippen LogP contribution is 2.32. The van der Waals surface area contributed by atoms with Gasteiger partial charge in [-0.25, -0.2) is 4.98 Å². The molecule has 1 heterocycles. The van der Waals surface area contributed by atoms with Crippen LogP contribution in [0.1, 0.15) is 15.2 Å². The lowest BCUT2D eigenvalue weighted by Crippen LogP contribution is -2.12. The van der Waals surface area contributed by atoms with Gasteiger partial charge in [0, 0.05) is 14.9 Å². The van der Waals surface area contributed by atoms with E-state index in [1.165, 1.54) is 11.3 Å². The fourth-order valence-corrected chi connectivity index (χ4v) is 3.70. The summed E-state index contributed by atoms with van der Waals surface area (Å²) >= 11 is 10.9. The number of hydrogen-bond acceptors (Lipinski definition) is 4. The third-order valence-electron chi connectivity index (χ3n) is 3.55. The van der Waals surface area contributed by atoms with Crippen molar-refractivity contribution in [3.05, 3.63) is 62.4 Å². The van der Waals surface area contributed by atoms with Crippen LogP contribution in [-0.4, -0.2) is 18.0 Å². The first-order valence-corrected chi connectivity index (χ1v) is 9.35. The number of aromatic nitrogens is 1. The molecule has 0 aliphatic rings. The van der Waals surface area contributed by atoms with Crippen molar-refractivity contribution in [2.24, 2.45) is 0 Å². The number of nitrogens with one attached hydrogen (secondary N) is 1.